The monoisotopic (exact) mass is 810 g/mol. The van der Waals surface area contributed by atoms with E-state index in [4.69, 9.17) is 19.2 Å². The van der Waals surface area contributed by atoms with Crippen molar-refractivity contribution < 1.29 is 83.3 Å². The Kier molecular flexibility index (Phi) is 13.2. The summed E-state index contributed by atoms with van der Waals surface area (Å²) in [6.45, 7) is 0. The van der Waals surface area contributed by atoms with E-state index in [0.717, 1.165) is 12.1 Å². The van der Waals surface area contributed by atoms with Crippen LogP contribution in [0.4, 0.5) is 26.3 Å². The number of aromatic hydroxyl groups is 3. The van der Waals surface area contributed by atoms with E-state index in [1.165, 1.54) is 24.3 Å². The topological polar surface area (TPSA) is 226 Å². The number of carbonyl (C=O) groups excluding carboxylic acids is 2. The third-order valence-electron chi connectivity index (χ3n) is 7.05. The zero-order chi connectivity index (χ0) is 41.1. The number of carbonyl (C=O) groups is 3. The minimum absolute atomic E-state index is 0. The van der Waals surface area contributed by atoms with Crippen LogP contribution in [0.25, 0.3) is 33.4 Å². The van der Waals surface area contributed by atoms with Crippen LogP contribution in [-0.4, -0.2) is 57.6 Å². The van der Waals surface area contributed by atoms with Crippen LogP contribution in [-0.2, 0) is 14.9 Å². The molecule has 1 aliphatic carbocycles. The van der Waals surface area contributed by atoms with Crippen molar-refractivity contribution in [1.29, 1.82) is 0 Å². The first-order chi connectivity index (χ1) is 25.6. The SMILES string of the molecule is C.CS(=O)(=O)O.O=C(O)c1ccccc1-c1c2cc(F)c(=O)c(F)c-2oc2c(F)c(O)c(F)cc12.O=C1OC(=O)c2ccccc21.Oc1ccc(F)c(O)c1F. The van der Waals surface area contributed by atoms with Gasteiger partial charge < -0.3 is 29.6 Å². The summed E-state index contributed by atoms with van der Waals surface area (Å²) in [5, 5.41) is 35.6. The second kappa shape index (κ2) is 17.0. The van der Waals surface area contributed by atoms with E-state index < -0.39 is 108 Å². The summed E-state index contributed by atoms with van der Waals surface area (Å²) in [5.41, 5.74) is -2.92. The van der Waals surface area contributed by atoms with E-state index in [1.807, 2.05) is 0 Å². The molecule has 56 heavy (non-hydrogen) atoms. The van der Waals surface area contributed by atoms with Gasteiger partial charge in [0.15, 0.2) is 46.0 Å². The van der Waals surface area contributed by atoms with Gasteiger partial charge in [0.25, 0.3) is 15.5 Å². The number of esters is 2. The molecule has 20 heteroatoms. The van der Waals surface area contributed by atoms with Crippen LogP contribution in [0.5, 0.6) is 17.2 Å². The molecular formula is C36H24F6O13S. The molecule has 3 aliphatic rings. The van der Waals surface area contributed by atoms with Crippen LogP contribution < -0.4 is 5.43 Å². The minimum atomic E-state index is -3.67. The lowest BCUT2D eigenvalue weighted by Crippen LogP contribution is -2.14. The molecule has 0 saturated heterocycles. The Hall–Kier alpha value is -6.93. The predicted octanol–water partition coefficient (Wildman–Crippen LogP) is 7.04. The standard InChI is InChI=1S/C20H8F4O5.C8H4O3.C6H4F2O2.CH4O3S.CH4/c21-11-5-9-13(7-3-1-2-4-8(7)20(27)28)10-6-12(22)17(26)15(24)19(10)29-18(9)14(23)16(11)25;9-7-5-3-1-2-4-6(5)8(10)11-7;7-3-1-2-4(9)5(8)6(3)10;1-5(2,3)4;/h1-6,25H,(H,27,28);1-4H;1-2,9-10H;1H3,(H,2,3,4);1H4. The van der Waals surface area contributed by atoms with Gasteiger partial charge in [-0.2, -0.15) is 21.6 Å². The highest BCUT2D eigenvalue weighted by molar-refractivity contribution is 7.85. The maximum atomic E-state index is 14.5. The number of ether oxygens (including phenoxy) is 1. The molecule has 0 saturated carbocycles. The smallest absolute Gasteiger partial charge is 0.346 e. The average Bonchev–Trinajstić information content (AvgIpc) is 3.42. The first-order valence-corrected chi connectivity index (χ1v) is 16.4. The van der Waals surface area contributed by atoms with Gasteiger partial charge in [-0.15, -0.1) is 0 Å². The number of benzene rings is 5. The van der Waals surface area contributed by atoms with Crippen molar-refractivity contribution in [2.24, 2.45) is 0 Å². The molecule has 0 fully saturated rings. The van der Waals surface area contributed by atoms with Crippen LogP contribution in [0, 0.1) is 34.9 Å². The van der Waals surface area contributed by atoms with Crippen LogP contribution in [0.3, 0.4) is 0 Å². The lowest BCUT2D eigenvalue weighted by molar-refractivity contribution is 0.0442. The Bertz CT molecular complexity index is 2590. The number of rotatable bonds is 2. The number of aromatic carboxylic acids is 1. The number of hydrogen-bond acceptors (Lipinski definition) is 11. The molecule has 2 heterocycles. The van der Waals surface area contributed by atoms with Gasteiger partial charge in [-0.25, -0.2) is 27.6 Å². The molecule has 5 N–H and O–H groups in total. The lowest BCUT2D eigenvalue weighted by atomic mass is 9.90. The highest BCUT2D eigenvalue weighted by Gasteiger charge is 2.30. The van der Waals surface area contributed by atoms with E-state index in [2.05, 4.69) is 4.74 Å². The fraction of sp³-hybridized carbons (Fsp3) is 0.0556. The predicted molar refractivity (Wildman–Crippen MR) is 183 cm³/mol. The number of phenols is 3. The van der Waals surface area contributed by atoms with Crippen molar-refractivity contribution in [2.45, 2.75) is 7.43 Å². The fourth-order valence-corrected chi connectivity index (χ4v) is 4.73. The molecule has 0 unspecified atom stereocenters. The molecule has 0 amide bonds. The number of fused-ring (bicyclic) bond motifs is 3. The first kappa shape index (κ1) is 43.5. The molecule has 294 valence electrons. The summed E-state index contributed by atoms with van der Waals surface area (Å²) in [7, 11) is -3.67. The van der Waals surface area contributed by atoms with Gasteiger partial charge in [0.1, 0.15) is 0 Å². The Labute approximate surface area is 310 Å². The molecule has 4 aromatic carbocycles. The molecule has 0 aromatic heterocycles. The quantitative estimate of drug-likeness (QED) is 0.0389. The van der Waals surface area contributed by atoms with Crippen LogP contribution in [0.1, 0.15) is 38.5 Å². The number of halogens is 6. The highest BCUT2D eigenvalue weighted by atomic mass is 32.2. The molecule has 0 bridgehead atoms. The van der Waals surface area contributed by atoms with Crippen molar-refractivity contribution in [3.63, 3.8) is 0 Å². The second-order valence-corrected chi connectivity index (χ2v) is 12.3. The summed E-state index contributed by atoms with van der Waals surface area (Å²) < 4.78 is 117. The van der Waals surface area contributed by atoms with Crippen LogP contribution in [0.2, 0.25) is 0 Å². The van der Waals surface area contributed by atoms with Gasteiger partial charge in [-0.05, 0) is 48.0 Å². The van der Waals surface area contributed by atoms with E-state index in [1.54, 1.807) is 24.3 Å². The fourth-order valence-electron chi connectivity index (χ4n) is 4.73. The summed E-state index contributed by atoms with van der Waals surface area (Å²) in [5.74, 6) is -15.3. The highest BCUT2D eigenvalue weighted by Crippen LogP contribution is 2.44. The third-order valence-corrected chi connectivity index (χ3v) is 7.05. The van der Waals surface area contributed by atoms with E-state index in [-0.39, 0.29) is 24.1 Å². The number of hydrogen-bond donors (Lipinski definition) is 5. The third kappa shape index (κ3) is 9.22. The molecule has 0 spiro atoms. The van der Waals surface area contributed by atoms with Gasteiger partial charge in [0, 0.05) is 16.5 Å². The number of carboxylic acids is 1. The zero-order valence-electron chi connectivity index (χ0n) is 27.1. The van der Waals surface area contributed by atoms with Gasteiger partial charge in [0.2, 0.25) is 17.5 Å². The van der Waals surface area contributed by atoms with Crippen molar-refractivity contribution >= 4 is 39.0 Å². The minimum Gasteiger partial charge on any atom is -0.505 e. The molecular weight excluding hydrogens is 786 g/mol. The Morgan fingerprint density at radius 2 is 1.16 bits per heavy atom. The second-order valence-electron chi connectivity index (χ2n) is 10.8. The molecule has 2 aliphatic heterocycles. The average molecular weight is 811 g/mol. The van der Waals surface area contributed by atoms with Crippen molar-refractivity contribution in [3.8, 4) is 39.7 Å². The van der Waals surface area contributed by atoms with Crippen LogP contribution in [0.15, 0.2) is 82.0 Å². The van der Waals surface area contributed by atoms with Gasteiger partial charge >= 0.3 is 17.9 Å². The maximum absolute atomic E-state index is 14.5. The van der Waals surface area contributed by atoms with Gasteiger partial charge in [0.05, 0.1) is 22.9 Å². The van der Waals surface area contributed by atoms with Crippen molar-refractivity contribution in [1.82, 2.24) is 0 Å². The van der Waals surface area contributed by atoms with E-state index in [0.29, 0.717) is 29.5 Å². The summed E-state index contributed by atoms with van der Waals surface area (Å²) in [6.07, 6.45) is 0.715. The van der Waals surface area contributed by atoms with Gasteiger partial charge in [-0.1, -0.05) is 37.8 Å². The summed E-state index contributed by atoms with van der Waals surface area (Å²) in [6, 6.07) is 14.6. The normalized spacial score (nSPS) is 11.5. The molecule has 0 radical (unpaired) electrons. The Balaban J connectivity index is 0.000000253. The Morgan fingerprint density at radius 3 is 1.68 bits per heavy atom. The van der Waals surface area contributed by atoms with Crippen molar-refractivity contribution in [3.05, 3.63) is 135 Å². The Morgan fingerprint density at radius 1 is 0.661 bits per heavy atom. The van der Waals surface area contributed by atoms with Crippen molar-refractivity contribution in [2.75, 3.05) is 6.26 Å². The molecule has 0 atom stereocenters. The van der Waals surface area contributed by atoms with E-state index >= 15 is 0 Å². The van der Waals surface area contributed by atoms with E-state index in [9.17, 15) is 64.2 Å². The molecule has 13 nitrogen and oxygen atoms in total. The largest absolute Gasteiger partial charge is 0.505 e. The number of cyclic esters (lactones) is 2. The van der Waals surface area contributed by atoms with Crippen LogP contribution >= 0.6 is 0 Å². The summed E-state index contributed by atoms with van der Waals surface area (Å²) in [4.78, 5) is 44.9. The maximum Gasteiger partial charge on any atom is 0.346 e. The van der Waals surface area contributed by atoms with Gasteiger partial charge in [-0.3, -0.25) is 9.35 Å². The molecule has 7 rings (SSSR count). The lowest BCUT2D eigenvalue weighted by Gasteiger charge is -2.17. The summed E-state index contributed by atoms with van der Waals surface area (Å²) >= 11 is 0. The zero-order valence-corrected chi connectivity index (χ0v) is 27.9. The first-order valence-electron chi connectivity index (χ1n) is 14.6. The number of carboxylic acid groups (broad SMARTS) is 1. The molecule has 4 aromatic rings. The number of phenolic OH excluding ortho intramolecular Hbond substituents is 3.